The van der Waals surface area contributed by atoms with E-state index < -0.39 is 20.7 Å². The highest BCUT2D eigenvalue weighted by Crippen LogP contribution is 2.46. The molecule has 0 aliphatic carbocycles. The Balaban J connectivity index is 1.50. The molecule has 36 heavy (non-hydrogen) atoms. The van der Waals surface area contributed by atoms with E-state index >= 15 is 0 Å². The summed E-state index contributed by atoms with van der Waals surface area (Å²) in [6, 6.07) is 22.8. The fraction of sp³-hybridized carbons (Fsp3) is 0.357. The summed E-state index contributed by atoms with van der Waals surface area (Å²) < 4.78 is 26.4. The quantitative estimate of drug-likeness (QED) is 0.438. The first-order valence-corrected chi connectivity index (χ1v) is 14.8. The van der Waals surface area contributed by atoms with Crippen molar-refractivity contribution >= 4 is 33.0 Å². The van der Waals surface area contributed by atoms with Crippen molar-refractivity contribution < 1.29 is 13.5 Å². The number of likely N-dealkylation sites (tertiary alicyclic amines) is 1. The van der Waals surface area contributed by atoms with E-state index in [4.69, 9.17) is 23.2 Å². The van der Waals surface area contributed by atoms with E-state index in [1.807, 2.05) is 72.8 Å². The third kappa shape index (κ3) is 5.08. The summed E-state index contributed by atoms with van der Waals surface area (Å²) >= 11 is 12.3. The van der Waals surface area contributed by atoms with Gasteiger partial charge in [0, 0.05) is 35.9 Å². The largest absolute Gasteiger partial charge is 0.385 e. The van der Waals surface area contributed by atoms with E-state index in [9.17, 15) is 13.5 Å². The highest BCUT2D eigenvalue weighted by Gasteiger charge is 2.54. The molecule has 3 aromatic carbocycles. The Kier molecular flexibility index (Phi) is 7.20. The number of nitrogens with one attached hydrogen (secondary N) is 1. The van der Waals surface area contributed by atoms with Crippen molar-refractivity contribution in [2.24, 2.45) is 0 Å². The summed E-state index contributed by atoms with van der Waals surface area (Å²) in [4.78, 5) is 2.12. The van der Waals surface area contributed by atoms with Gasteiger partial charge in [-0.3, -0.25) is 4.90 Å². The van der Waals surface area contributed by atoms with E-state index in [2.05, 4.69) is 10.2 Å². The SMILES string of the molecule is CS(=O)(=O)C(c1ccccc1C1CCNC1)C1(O)CN(C(c2ccc(Cl)cc2)c2ccc(Cl)cc2)C1. The summed E-state index contributed by atoms with van der Waals surface area (Å²) in [6.07, 6.45) is 2.19. The standard InChI is InChI=1S/C28H30Cl2N2O3S/c1-36(34,35)27(25-5-3-2-4-24(25)21-14-15-31-16-21)28(33)17-32(18-28)26(19-6-10-22(29)11-7-19)20-8-12-23(30)13-9-20/h2-13,21,26-27,31,33H,14-18H2,1H3. The fourth-order valence-corrected chi connectivity index (χ4v) is 7.74. The number of β-amino-alcohol motifs (C(OH)–C–C–N with tert-alkyl or cyclic N) is 1. The second-order valence-electron chi connectivity index (χ2n) is 10.0. The molecule has 190 valence electrons. The molecule has 2 aliphatic rings. The zero-order valence-electron chi connectivity index (χ0n) is 20.1. The van der Waals surface area contributed by atoms with Gasteiger partial charge in [-0.1, -0.05) is 71.7 Å². The predicted octanol–water partition coefficient (Wildman–Crippen LogP) is 4.99. The smallest absolute Gasteiger partial charge is 0.157 e. The molecular formula is C28H30Cl2N2O3S. The Hall–Kier alpha value is -1.93. The van der Waals surface area contributed by atoms with Gasteiger partial charge in [0.2, 0.25) is 0 Å². The van der Waals surface area contributed by atoms with E-state index in [-0.39, 0.29) is 25.0 Å². The number of hydrogen-bond donors (Lipinski definition) is 2. The van der Waals surface area contributed by atoms with E-state index in [0.717, 1.165) is 36.2 Å². The van der Waals surface area contributed by atoms with Crippen LogP contribution in [0.15, 0.2) is 72.8 Å². The van der Waals surface area contributed by atoms with Gasteiger partial charge in [-0.25, -0.2) is 8.42 Å². The van der Waals surface area contributed by atoms with E-state index in [0.29, 0.717) is 15.6 Å². The van der Waals surface area contributed by atoms with Crippen molar-refractivity contribution in [2.75, 3.05) is 32.4 Å². The minimum Gasteiger partial charge on any atom is -0.385 e. The molecule has 0 saturated carbocycles. The second kappa shape index (κ2) is 10.1. The summed E-state index contributed by atoms with van der Waals surface area (Å²) in [7, 11) is -3.61. The van der Waals surface area contributed by atoms with Crippen LogP contribution in [0.2, 0.25) is 10.0 Å². The lowest BCUT2D eigenvalue weighted by Gasteiger charge is -2.53. The van der Waals surface area contributed by atoms with Crippen LogP contribution in [-0.4, -0.2) is 56.5 Å². The molecule has 3 aromatic rings. The van der Waals surface area contributed by atoms with Crippen molar-refractivity contribution in [3.8, 4) is 0 Å². The first-order valence-electron chi connectivity index (χ1n) is 12.1. The Morgan fingerprint density at radius 1 is 0.944 bits per heavy atom. The number of nitrogens with zero attached hydrogens (tertiary/aromatic N) is 1. The topological polar surface area (TPSA) is 69.6 Å². The van der Waals surface area contributed by atoms with Crippen LogP contribution in [0.4, 0.5) is 0 Å². The highest BCUT2D eigenvalue weighted by molar-refractivity contribution is 7.91. The summed E-state index contributed by atoms with van der Waals surface area (Å²) in [5, 5.41) is 15.5. The average molecular weight is 546 g/mol. The molecule has 2 heterocycles. The Bertz CT molecular complexity index is 1270. The van der Waals surface area contributed by atoms with Crippen molar-refractivity contribution in [1.29, 1.82) is 0 Å². The molecule has 0 spiro atoms. The number of benzene rings is 3. The number of rotatable bonds is 7. The van der Waals surface area contributed by atoms with Crippen LogP contribution in [-0.2, 0) is 9.84 Å². The van der Waals surface area contributed by atoms with Crippen LogP contribution in [0.1, 0.15) is 45.9 Å². The molecule has 0 radical (unpaired) electrons. The maximum atomic E-state index is 13.2. The predicted molar refractivity (Wildman–Crippen MR) is 146 cm³/mol. The lowest BCUT2D eigenvalue weighted by Crippen LogP contribution is -2.66. The monoisotopic (exact) mass is 544 g/mol. The normalized spacial score (nSPS) is 20.9. The molecule has 2 N–H and O–H groups in total. The maximum absolute atomic E-state index is 13.2. The lowest BCUT2D eigenvalue weighted by molar-refractivity contribution is -0.112. The molecule has 8 heteroatoms. The van der Waals surface area contributed by atoms with Gasteiger partial charge in [0.05, 0.1) is 6.04 Å². The van der Waals surface area contributed by atoms with Crippen LogP contribution in [0.25, 0.3) is 0 Å². The van der Waals surface area contributed by atoms with Gasteiger partial charge in [-0.05, 0) is 65.4 Å². The van der Waals surface area contributed by atoms with Gasteiger partial charge in [-0.15, -0.1) is 0 Å². The minimum atomic E-state index is -3.61. The molecule has 5 rings (SSSR count). The van der Waals surface area contributed by atoms with Gasteiger partial charge in [0.25, 0.3) is 0 Å². The van der Waals surface area contributed by atoms with Crippen LogP contribution in [0.3, 0.4) is 0 Å². The van der Waals surface area contributed by atoms with Crippen molar-refractivity contribution in [1.82, 2.24) is 10.2 Å². The summed E-state index contributed by atoms with van der Waals surface area (Å²) in [5.74, 6) is 0.237. The molecule has 0 aromatic heterocycles. The van der Waals surface area contributed by atoms with Gasteiger partial charge < -0.3 is 10.4 Å². The molecule has 0 amide bonds. The first-order chi connectivity index (χ1) is 17.2. The van der Waals surface area contributed by atoms with Crippen LogP contribution in [0, 0.1) is 0 Å². The molecule has 2 fully saturated rings. The Morgan fingerprint density at radius 3 is 2.00 bits per heavy atom. The lowest BCUT2D eigenvalue weighted by atomic mass is 9.80. The van der Waals surface area contributed by atoms with Gasteiger partial charge in [0.15, 0.2) is 9.84 Å². The van der Waals surface area contributed by atoms with Crippen LogP contribution >= 0.6 is 23.2 Å². The molecule has 2 unspecified atom stereocenters. The minimum absolute atomic E-state index is 0.172. The fourth-order valence-electron chi connectivity index (χ4n) is 5.87. The van der Waals surface area contributed by atoms with Crippen molar-refractivity contribution in [2.45, 2.75) is 29.2 Å². The summed E-state index contributed by atoms with van der Waals surface area (Å²) in [5.41, 5.74) is 2.34. The highest BCUT2D eigenvalue weighted by atomic mass is 35.5. The maximum Gasteiger partial charge on any atom is 0.157 e. The molecule has 2 saturated heterocycles. The Morgan fingerprint density at radius 2 is 1.50 bits per heavy atom. The molecule has 0 bridgehead atoms. The van der Waals surface area contributed by atoms with E-state index in [1.54, 1.807) is 0 Å². The molecule has 5 nitrogen and oxygen atoms in total. The number of sulfone groups is 1. The van der Waals surface area contributed by atoms with Crippen molar-refractivity contribution in [3.63, 3.8) is 0 Å². The van der Waals surface area contributed by atoms with Gasteiger partial charge in [-0.2, -0.15) is 0 Å². The first kappa shape index (κ1) is 25.7. The second-order valence-corrected chi connectivity index (χ2v) is 13.0. The van der Waals surface area contributed by atoms with Gasteiger partial charge >= 0.3 is 0 Å². The van der Waals surface area contributed by atoms with Gasteiger partial charge in [0.1, 0.15) is 10.9 Å². The zero-order valence-corrected chi connectivity index (χ0v) is 22.4. The molecule has 2 aliphatic heterocycles. The zero-order chi connectivity index (χ0) is 25.5. The number of halogens is 2. The third-order valence-electron chi connectivity index (χ3n) is 7.39. The van der Waals surface area contributed by atoms with E-state index in [1.165, 1.54) is 6.26 Å². The average Bonchev–Trinajstić information content (AvgIpc) is 3.35. The number of hydrogen-bond acceptors (Lipinski definition) is 5. The molecule has 2 atom stereocenters. The number of aliphatic hydroxyl groups is 1. The van der Waals surface area contributed by atoms with Crippen LogP contribution < -0.4 is 5.32 Å². The van der Waals surface area contributed by atoms with Crippen LogP contribution in [0.5, 0.6) is 0 Å². The Labute approximate surface area is 223 Å². The van der Waals surface area contributed by atoms with Crippen molar-refractivity contribution in [3.05, 3.63) is 105 Å². The molecular weight excluding hydrogens is 515 g/mol. The summed E-state index contributed by atoms with van der Waals surface area (Å²) in [6.45, 7) is 2.16. The third-order valence-corrected chi connectivity index (χ3v) is 9.44.